The van der Waals surface area contributed by atoms with Crippen molar-refractivity contribution in [2.75, 3.05) is 62.3 Å². The third-order valence-corrected chi connectivity index (χ3v) is 5.26. The fourth-order valence-electron chi connectivity index (χ4n) is 3.69. The maximum absolute atomic E-state index is 12.8. The highest BCUT2D eigenvalue weighted by molar-refractivity contribution is 5.96. The molecule has 0 atom stereocenters. The number of amides is 1. The zero-order valence-corrected chi connectivity index (χ0v) is 16.6. The van der Waals surface area contributed by atoms with Crippen LogP contribution in [0.15, 0.2) is 10.6 Å². The first-order chi connectivity index (χ1) is 13.5. The molecule has 1 amide bonds. The van der Waals surface area contributed by atoms with E-state index >= 15 is 0 Å². The number of carbonyl (C=O) groups is 1. The number of aryl methyl sites for hydroxylation is 3. The Bertz CT molecular complexity index is 834. The van der Waals surface area contributed by atoms with Crippen LogP contribution in [0.4, 0.5) is 11.8 Å². The van der Waals surface area contributed by atoms with Gasteiger partial charge in [-0.15, -0.1) is 0 Å². The number of piperazine rings is 1. The van der Waals surface area contributed by atoms with E-state index in [1.807, 2.05) is 17.9 Å². The fraction of sp³-hybridized carbons (Fsp3) is 0.579. The molecule has 0 aliphatic carbocycles. The highest BCUT2D eigenvalue weighted by atomic mass is 16.5. The normalized spacial score (nSPS) is 17.9. The average molecular weight is 386 g/mol. The van der Waals surface area contributed by atoms with Gasteiger partial charge in [0.05, 0.1) is 18.9 Å². The maximum Gasteiger partial charge on any atom is 0.259 e. The van der Waals surface area contributed by atoms with Gasteiger partial charge in [0, 0.05) is 51.0 Å². The molecule has 9 heteroatoms. The second-order valence-electron chi connectivity index (χ2n) is 7.25. The highest BCUT2D eigenvalue weighted by Gasteiger charge is 2.28. The summed E-state index contributed by atoms with van der Waals surface area (Å²) in [5.74, 6) is 2.23. The quantitative estimate of drug-likeness (QED) is 0.777. The van der Waals surface area contributed by atoms with Gasteiger partial charge in [-0.2, -0.15) is 4.98 Å². The second-order valence-corrected chi connectivity index (χ2v) is 7.25. The molecule has 2 fully saturated rings. The Hall–Kier alpha value is -2.68. The molecular weight excluding hydrogens is 360 g/mol. The van der Waals surface area contributed by atoms with Crippen LogP contribution in [0, 0.1) is 20.8 Å². The van der Waals surface area contributed by atoms with Gasteiger partial charge in [0.25, 0.3) is 5.91 Å². The summed E-state index contributed by atoms with van der Waals surface area (Å²) in [6, 6.07) is 2.02. The topological polar surface area (TPSA) is 87.8 Å². The van der Waals surface area contributed by atoms with Crippen molar-refractivity contribution < 1.29 is 14.1 Å². The van der Waals surface area contributed by atoms with Gasteiger partial charge in [0.15, 0.2) is 0 Å². The van der Waals surface area contributed by atoms with E-state index in [-0.39, 0.29) is 5.91 Å². The minimum atomic E-state index is -0.0185. The Labute approximate surface area is 164 Å². The molecule has 2 aromatic rings. The zero-order chi connectivity index (χ0) is 19.7. The fourth-order valence-corrected chi connectivity index (χ4v) is 3.69. The summed E-state index contributed by atoms with van der Waals surface area (Å²) in [6.07, 6.45) is 0. The molecular formula is C19H26N6O3. The molecule has 2 aliphatic heterocycles. The van der Waals surface area contributed by atoms with E-state index < -0.39 is 0 Å². The van der Waals surface area contributed by atoms with Gasteiger partial charge in [-0.1, -0.05) is 5.16 Å². The number of aromatic nitrogens is 3. The summed E-state index contributed by atoms with van der Waals surface area (Å²) >= 11 is 0. The number of ether oxygens (including phenoxy) is 1. The van der Waals surface area contributed by atoms with Crippen LogP contribution in [-0.2, 0) is 4.74 Å². The van der Waals surface area contributed by atoms with Crippen molar-refractivity contribution >= 4 is 17.7 Å². The van der Waals surface area contributed by atoms with Gasteiger partial charge in [-0.25, -0.2) is 4.98 Å². The molecule has 28 heavy (non-hydrogen) atoms. The first-order valence-corrected chi connectivity index (χ1v) is 9.68. The van der Waals surface area contributed by atoms with E-state index in [1.54, 1.807) is 13.8 Å². The molecule has 2 saturated heterocycles. The van der Waals surface area contributed by atoms with Crippen molar-refractivity contribution in [1.82, 2.24) is 20.0 Å². The molecule has 4 heterocycles. The van der Waals surface area contributed by atoms with Crippen LogP contribution in [-0.4, -0.2) is 78.4 Å². The average Bonchev–Trinajstić information content (AvgIpc) is 3.06. The lowest BCUT2D eigenvalue weighted by Gasteiger charge is -2.35. The summed E-state index contributed by atoms with van der Waals surface area (Å²) in [5.41, 5.74) is 2.16. The zero-order valence-electron chi connectivity index (χ0n) is 16.6. The second kappa shape index (κ2) is 7.75. The Morgan fingerprint density at radius 3 is 2.32 bits per heavy atom. The van der Waals surface area contributed by atoms with Crippen LogP contribution in [0.1, 0.15) is 27.5 Å². The summed E-state index contributed by atoms with van der Waals surface area (Å²) < 4.78 is 10.6. The number of hydrogen-bond acceptors (Lipinski definition) is 8. The number of rotatable bonds is 3. The van der Waals surface area contributed by atoms with Crippen molar-refractivity contribution in [2.45, 2.75) is 20.8 Å². The van der Waals surface area contributed by atoms with E-state index in [0.29, 0.717) is 43.2 Å². The summed E-state index contributed by atoms with van der Waals surface area (Å²) in [4.78, 5) is 28.5. The molecule has 2 aromatic heterocycles. The summed E-state index contributed by atoms with van der Waals surface area (Å²) in [5, 5.41) is 3.89. The molecule has 0 aromatic carbocycles. The molecule has 0 N–H and O–H groups in total. The van der Waals surface area contributed by atoms with Gasteiger partial charge in [0.2, 0.25) is 5.95 Å². The van der Waals surface area contributed by atoms with Gasteiger partial charge < -0.3 is 24.0 Å². The Morgan fingerprint density at radius 2 is 1.68 bits per heavy atom. The monoisotopic (exact) mass is 386 g/mol. The lowest BCUT2D eigenvalue weighted by molar-refractivity contribution is 0.0744. The molecule has 0 saturated carbocycles. The molecule has 150 valence electrons. The van der Waals surface area contributed by atoms with E-state index in [9.17, 15) is 4.79 Å². The van der Waals surface area contributed by atoms with Gasteiger partial charge in [-0.3, -0.25) is 4.79 Å². The summed E-state index contributed by atoms with van der Waals surface area (Å²) in [7, 11) is 0. The Balaban J connectivity index is 1.45. The standard InChI is InChI=1S/C19H26N6O3/c1-13-12-16(23-8-10-27-11-9-23)21-19(20-13)25-6-4-24(5-7-25)18(26)17-14(2)22-28-15(17)3/h12H,4-11H2,1-3H3. The van der Waals surface area contributed by atoms with E-state index in [2.05, 4.69) is 19.9 Å². The molecule has 0 radical (unpaired) electrons. The predicted molar refractivity (Wildman–Crippen MR) is 104 cm³/mol. The number of carbonyl (C=O) groups excluding carboxylic acids is 1. The van der Waals surface area contributed by atoms with Crippen LogP contribution >= 0.6 is 0 Å². The molecule has 2 aliphatic rings. The molecule has 9 nitrogen and oxygen atoms in total. The highest BCUT2D eigenvalue weighted by Crippen LogP contribution is 2.21. The molecule has 0 unspecified atom stereocenters. The van der Waals surface area contributed by atoms with Gasteiger partial charge in [-0.05, 0) is 20.8 Å². The number of hydrogen-bond donors (Lipinski definition) is 0. The molecule has 0 bridgehead atoms. The van der Waals surface area contributed by atoms with Gasteiger partial charge in [0.1, 0.15) is 17.1 Å². The van der Waals surface area contributed by atoms with Crippen molar-refractivity contribution in [3.05, 3.63) is 28.8 Å². The smallest absolute Gasteiger partial charge is 0.259 e. The summed E-state index contributed by atoms with van der Waals surface area (Å²) in [6.45, 7) is 11.3. The van der Waals surface area contributed by atoms with Crippen LogP contribution in [0.3, 0.4) is 0 Å². The maximum atomic E-state index is 12.8. The largest absolute Gasteiger partial charge is 0.378 e. The van der Waals surface area contributed by atoms with Crippen LogP contribution < -0.4 is 9.80 Å². The number of morpholine rings is 1. The van der Waals surface area contributed by atoms with Crippen molar-refractivity contribution in [3.8, 4) is 0 Å². The number of anilines is 2. The first-order valence-electron chi connectivity index (χ1n) is 9.68. The Kier molecular flexibility index (Phi) is 5.17. The minimum absolute atomic E-state index is 0.0185. The first kappa shape index (κ1) is 18.7. The lowest BCUT2D eigenvalue weighted by Crippen LogP contribution is -2.49. The van der Waals surface area contributed by atoms with E-state index in [4.69, 9.17) is 14.2 Å². The van der Waals surface area contributed by atoms with E-state index in [0.717, 1.165) is 43.8 Å². The third-order valence-electron chi connectivity index (χ3n) is 5.26. The van der Waals surface area contributed by atoms with Crippen LogP contribution in [0.25, 0.3) is 0 Å². The predicted octanol–water partition coefficient (Wildman–Crippen LogP) is 1.19. The SMILES string of the molecule is Cc1cc(N2CCOCC2)nc(N2CCN(C(=O)c3c(C)noc3C)CC2)n1. The van der Waals surface area contributed by atoms with E-state index in [1.165, 1.54) is 0 Å². The van der Waals surface area contributed by atoms with Crippen molar-refractivity contribution in [1.29, 1.82) is 0 Å². The molecule has 4 rings (SSSR count). The molecule has 0 spiro atoms. The minimum Gasteiger partial charge on any atom is -0.378 e. The lowest BCUT2D eigenvalue weighted by atomic mass is 10.1. The number of nitrogens with zero attached hydrogens (tertiary/aromatic N) is 6. The van der Waals surface area contributed by atoms with Crippen molar-refractivity contribution in [2.24, 2.45) is 0 Å². The van der Waals surface area contributed by atoms with Crippen molar-refractivity contribution in [3.63, 3.8) is 0 Å². The Morgan fingerprint density at radius 1 is 0.964 bits per heavy atom. The third kappa shape index (κ3) is 3.66. The van der Waals surface area contributed by atoms with Crippen LogP contribution in [0.5, 0.6) is 0 Å². The van der Waals surface area contributed by atoms with Crippen LogP contribution in [0.2, 0.25) is 0 Å². The van der Waals surface area contributed by atoms with Gasteiger partial charge >= 0.3 is 0 Å².